The highest BCUT2D eigenvalue weighted by Crippen LogP contribution is 2.10. The Hall–Kier alpha value is -1.00. The third-order valence-electron chi connectivity index (χ3n) is 2.90. The maximum Gasteiger partial charge on any atom is 0.235 e. The van der Waals surface area contributed by atoms with Crippen molar-refractivity contribution in [2.75, 3.05) is 26.0 Å². The second kappa shape index (κ2) is 8.16. The van der Waals surface area contributed by atoms with E-state index in [9.17, 15) is 4.79 Å². The van der Waals surface area contributed by atoms with Gasteiger partial charge in [0.1, 0.15) is 0 Å². The molecule has 18 heavy (non-hydrogen) atoms. The van der Waals surface area contributed by atoms with Gasteiger partial charge in [0, 0.05) is 13.1 Å². The predicted molar refractivity (Wildman–Crippen MR) is 76.8 cm³/mol. The second-order valence-electron chi connectivity index (χ2n) is 4.16. The van der Waals surface area contributed by atoms with E-state index in [2.05, 4.69) is 12.1 Å². The Morgan fingerprint density at radius 1 is 1.33 bits per heavy atom. The number of amides is 1. The van der Waals surface area contributed by atoms with Gasteiger partial charge in [-0.1, -0.05) is 30.3 Å². The van der Waals surface area contributed by atoms with Gasteiger partial charge in [-0.15, -0.1) is 0 Å². The number of carbonyl (C=O) groups is 1. The number of hydrogen-bond acceptors (Lipinski definition) is 3. The van der Waals surface area contributed by atoms with E-state index in [0.29, 0.717) is 13.1 Å². The molecule has 0 aliphatic carbocycles. The molecule has 0 saturated carbocycles. The minimum absolute atomic E-state index is 0.0155. The Kier molecular flexibility index (Phi) is 6.83. The van der Waals surface area contributed by atoms with Crippen molar-refractivity contribution in [2.24, 2.45) is 0 Å². The van der Waals surface area contributed by atoms with Gasteiger partial charge < -0.3 is 10.0 Å². The third kappa shape index (κ3) is 4.70. The molecule has 0 spiro atoms. The van der Waals surface area contributed by atoms with E-state index in [1.807, 2.05) is 31.4 Å². The maximum absolute atomic E-state index is 12.1. The van der Waals surface area contributed by atoms with Crippen LogP contribution in [0.4, 0.5) is 0 Å². The van der Waals surface area contributed by atoms with Gasteiger partial charge in [-0.2, -0.15) is 11.8 Å². The molecular formula is C14H21NO2S. The zero-order valence-electron chi connectivity index (χ0n) is 11.0. The van der Waals surface area contributed by atoms with Crippen molar-refractivity contribution < 1.29 is 9.90 Å². The normalized spacial score (nSPS) is 12.2. The molecular weight excluding hydrogens is 246 g/mol. The summed E-state index contributed by atoms with van der Waals surface area (Å²) in [7, 11) is 0. The summed E-state index contributed by atoms with van der Waals surface area (Å²) in [6.07, 6.45) is 2.75. The van der Waals surface area contributed by atoms with Crippen molar-refractivity contribution in [3.8, 4) is 0 Å². The average Bonchev–Trinajstić information content (AvgIpc) is 2.43. The van der Waals surface area contributed by atoms with Gasteiger partial charge in [0.05, 0.1) is 11.9 Å². The minimum atomic E-state index is -0.0488. The number of rotatable bonds is 7. The van der Waals surface area contributed by atoms with E-state index < -0.39 is 0 Å². The Bertz CT molecular complexity index is 356. The van der Waals surface area contributed by atoms with E-state index in [4.69, 9.17) is 5.11 Å². The number of benzene rings is 1. The second-order valence-corrected chi connectivity index (χ2v) is 5.34. The average molecular weight is 267 g/mol. The van der Waals surface area contributed by atoms with Crippen LogP contribution < -0.4 is 0 Å². The van der Waals surface area contributed by atoms with Gasteiger partial charge in [-0.3, -0.25) is 4.79 Å². The molecule has 0 bridgehead atoms. The Labute approximate surface area is 113 Å². The van der Waals surface area contributed by atoms with Crippen LogP contribution >= 0.6 is 11.8 Å². The number of nitrogens with zero attached hydrogens (tertiary/aromatic N) is 1. The lowest BCUT2D eigenvalue weighted by molar-refractivity contribution is -0.130. The number of carbonyl (C=O) groups excluding carboxylic acids is 1. The summed E-state index contributed by atoms with van der Waals surface area (Å²) in [6, 6.07) is 10.1. The van der Waals surface area contributed by atoms with Gasteiger partial charge in [0.2, 0.25) is 5.91 Å². The molecule has 3 nitrogen and oxygen atoms in total. The van der Waals surface area contributed by atoms with Crippen LogP contribution in [0, 0.1) is 0 Å². The molecule has 4 heteroatoms. The van der Waals surface area contributed by atoms with Crippen molar-refractivity contribution in [3.05, 3.63) is 35.9 Å². The number of hydrogen-bond donors (Lipinski definition) is 1. The van der Waals surface area contributed by atoms with E-state index >= 15 is 0 Å². The molecule has 0 fully saturated rings. The number of aliphatic hydroxyl groups is 1. The van der Waals surface area contributed by atoms with Crippen LogP contribution in [0.25, 0.3) is 0 Å². The fourth-order valence-electron chi connectivity index (χ4n) is 1.72. The molecule has 0 radical (unpaired) electrons. The molecule has 100 valence electrons. The Morgan fingerprint density at radius 2 is 2.00 bits per heavy atom. The molecule has 0 aliphatic heterocycles. The summed E-state index contributed by atoms with van der Waals surface area (Å²) in [5.41, 5.74) is 1.21. The van der Waals surface area contributed by atoms with Crippen LogP contribution in [0.15, 0.2) is 30.3 Å². The quantitative estimate of drug-likeness (QED) is 0.819. The topological polar surface area (TPSA) is 40.5 Å². The van der Waals surface area contributed by atoms with E-state index in [1.54, 1.807) is 4.90 Å². The molecule has 1 atom stereocenters. The largest absolute Gasteiger partial charge is 0.395 e. The van der Waals surface area contributed by atoms with Crippen molar-refractivity contribution >= 4 is 17.7 Å². The van der Waals surface area contributed by atoms with Crippen LogP contribution in [0.5, 0.6) is 0 Å². The van der Waals surface area contributed by atoms with Gasteiger partial charge in [-0.05, 0) is 25.2 Å². The highest BCUT2D eigenvalue weighted by molar-refractivity contribution is 7.99. The summed E-state index contributed by atoms with van der Waals surface area (Å²) in [4.78, 5) is 13.8. The fraction of sp³-hybridized carbons (Fsp3) is 0.500. The third-order valence-corrected chi connectivity index (χ3v) is 3.80. The monoisotopic (exact) mass is 267 g/mol. The molecule has 0 saturated heterocycles. The highest BCUT2D eigenvalue weighted by atomic mass is 32.2. The first kappa shape index (κ1) is 15.1. The first-order valence-electron chi connectivity index (χ1n) is 6.15. The lowest BCUT2D eigenvalue weighted by atomic mass is 10.1. The SMILES string of the molecule is CSC(C)C(=O)N(CCO)CCc1ccccc1. The Balaban J connectivity index is 2.55. The molecule has 0 heterocycles. The van der Waals surface area contributed by atoms with Crippen LogP contribution in [-0.4, -0.2) is 47.1 Å². The van der Waals surface area contributed by atoms with Crippen molar-refractivity contribution in [2.45, 2.75) is 18.6 Å². The molecule has 0 aliphatic rings. The Morgan fingerprint density at radius 3 is 2.56 bits per heavy atom. The molecule has 1 rings (SSSR count). The summed E-state index contributed by atoms with van der Waals surface area (Å²) in [6.45, 7) is 2.99. The van der Waals surface area contributed by atoms with Gasteiger partial charge in [0.25, 0.3) is 0 Å². The zero-order chi connectivity index (χ0) is 13.4. The fourth-order valence-corrected chi connectivity index (χ4v) is 2.07. The van der Waals surface area contributed by atoms with Crippen molar-refractivity contribution in [3.63, 3.8) is 0 Å². The van der Waals surface area contributed by atoms with Crippen LogP contribution in [-0.2, 0) is 11.2 Å². The van der Waals surface area contributed by atoms with Crippen molar-refractivity contribution in [1.29, 1.82) is 0 Å². The van der Waals surface area contributed by atoms with Gasteiger partial charge >= 0.3 is 0 Å². The van der Waals surface area contributed by atoms with Crippen LogP contribution in [0.1, 0.15) is 12.5 Å². The first-order chi connectivity index (χ1) is 8.69. The maximum atomic E-state index is 12.1. The molecule has 1 amide bonds. The molecule has 1 N–H and O–H groups in total. The predicted octanol–water partition coefficient (Wildman–Crippen LogP) is 1.80. The molecule has 0 aromatic heterocycles. The van der Waals surface area contributed by atoms with Crippen molar-refractivity contribution in [1.82, 2.24) is 4.90 Å². The summed E-state index contributed by atoms with van der Waals surface area (Å²) in [5, 5.41) is 8.99. The van der Waals surface area contributed by atoms with Gasteiger partial charge in [-0.25, -0.2) is 0 Å². The van der Waals surface area contributed by atoms with Crippen LogP contribution in [0.2, 0.25) is 0 Å². The summed E-state index contributed by atoms with van der Waals surface area (Å²) >= 11 is 1.54. The molecule has 1 unspecified atom stereocenters. The first-order valence-corrected chi connectivity index (χ1v) is 7.44. The van der Waals surface area contributed by atoms with Crippen LogP contribution in [0.3, 0.4) is 0 Å². The summed E-state index contributed by atoms with van der Waals surface area (Å²) in [5.74, 6) is 0.104. The highest BCUT2D eigenvalue weighted by Gasteiger charge is 2.18. The minimum Gasteiger partial charge on any atom is -0.395 e. The zero-order valence-corrected chi connectivity index (χ0v) is 11.8. The van der Waals surface area contributed by atoms with E-state index in [0.717, 1.165) is 6.42 Å². The van der Waals surface area contributed by atoms with E-state index in [-0.39, 0.29) is 17.8 Å². The smallest absolute Gasteiger partial charge is 0.235 e. The standard InChI is InChI=1S/C14H21NO2S/c1-12(18-2)14(17)15(10-11-16)9-8-13-6-4-3-5-7-13/h3-7,12,16H,8-11H2,1-2H3. The van der Waals surface area contributed by atoms with Gasteiger partial charge in [0.15, 0.2) is 0 Å². The summed E-state index contributed by atoms with van der Waals surface area (Å²) < 4.78 is 0. The lowest BCUT2D eigenvalue weighted by Crippen LogP contribution is -2.39. The molecule has 1 aromatic carbocycles. The molecule has 1 aromatic rings. The van der Waals surface area contributed by atoms with E-state index in [1.165, 1.54) is 17.3 Å². The number of aliphatic hydroxyl groups excluding tert-OH is 1. The number of thioether (sulfide) groups is 1. The lowest BCUT2D eigenvalue weighted by Gasteiger charge is -2.24.